The maximum atomic E-state index is 10.5. The highest BCUT2D eigenvalue weighted by atomic mass is 16.3. The van der Waals surface area contributed by atoms with Gasteiger partial charge in [-0.25, -0.2) is 0 Å². The number of nitrogens with one attached hydrogen (secondary N) is 2. The van der Waals surface area contributed by atoms with Gasteiger partial charge in [-0.05, 0) is 25.7 Å². The van der Waals surface area contributed by atoms with Gasteiger partial charge >= 0.3 is 0 Å². The van der Waals surface area contributed by atoms with Crippen molar-refractivity contribution in [3.8, 4) is 0 Å². The third kappa shape index (κ3) is 8.87. The first-order chi connectivity index (χ1) is 8.97. The van der Waals surface area contributed by atoms with Crippen LogP contribution in [0.2, 0.25) is 0 Å². The predicted molar refractivity (Wildman–Crippen MR) is 83.6 cm³/mol. The van der Waals surface area contributed by atoms with Crippen LogP contribution >= 0.6 is 0 Å². The van der Waals surface area contributed by atoms with Crippen LogP contribution in [0.1, 0.15) is 60.3 Å². The number of hydrogen-bond donors (Lipinski definition) is 3. The first kappa shape index (κ1) is 18.2. The molecule has 0 amide bonds. The summed E-state index contributed by atoms with van der Waals surface area (Å²) >= 11 is 0. The van der Waals surface area contributed by atoms with Gasteiger partial charge in [-0.1, -0.05) is 40.5 Å². The van der Waals surface area contributed by atoms with Crippen LogP contribution in [0.4, 0.5) is 0 Å². The van der Waals surface area contributed by atoms with Crippen molar-refractivity contribution >= 4 is 5.96 Å². The number of aliphatic imine (C=N–C) groups is 1. The van der Waals surface area contributed by atoms with E-state index < -0.39 is 5.60 Å². The van der Waals surface area contributed by atoms with E-state index in [0.29, 0.717) is 12.5 Å². The molecule has 4 nitrogen and oxygen atoms in total. The molecule has 0 aliphatic rings. The maximum Gasteiger partial charge on any atom is 0.191 e. The smallest absolute Gasteiger partial charge is 0.191 e. The molecule has 4 heteroatoms. The highest BCUT2D eigenvalue weighted by molar-refractivity contribution is 5.79. The van der Waals surface area contributed by atoms with Crippen molar-refractivity contribution in [2.45, 2.75) is 65.9 Å². The summed E-state index contributed by atoms with van der Waals surface area (Å²) in [5.41, 5.74) is -0.649. The Kier molecular flexibility index (Phi) is 9.66. The van der Waals surface area contributed by atoms with Gasteiger partial charge in [0.15, 0.2) is 5.96 Å². The lowest BCUT2D eigenvalue weighted by molar-refractivity contribution is 0.0306. The van der Waals surface area contributed by atoms with Crippen molar-refractivity contribution in [1.82, 2.24) is 10.6 Å². The van der Waals surface area contributed by atoms with Gasteiger partial charge < -0.3 is 15.7 Å². The molecule has 0 radical (unpaired) electrons. The molecular weight excluding hydrogens is 238 g/mol. The molecular formula is C15H33N3O. The summed E-state index contributed by atoms with van der Waals surface area (Å²) < 4.78 is 0. The molecule has 0 aromatic heterocycles. The molecule has 0 saturated carbocycles. The summed E-state index contributed by atoms with van der Waals surface area (Å²) in [6, 6.07) is 0. The summed E-state index contributed by atoms with van der Waals surface area (Å²) in [7, 11) is 0. The Balaban J connectivity index is 4.53. The molecule has 0 heterocycles. The molecule has 0 unspecified atom stereocenters. The van der Waals surface area contributed by atoms with E-state index in [9.17, 15) is 5.11 Å². The second-order valence-corrected chi connectivity index (χ2v) is 5.69. The third-order valence-corrected chi connectivity index (χ3v) is 2.98. The number of nitrogens with zero attached hydrogens (tertiary/aromatic N) is 1. The molecule has 0 aliphatic heterocycles. The van der Waals surface area contributed by atoms with Gasteiger partial charge in [-0.2, -0.15) is 0 Å². The molecule has 19 heavy (non-hydrogen) atoms. The van der Waals surface area contributed by atoms with E-state index in [0.717, 1.165) is 44.7 Å². The summed E-state index contributed by atoms with van der Waals surface area (Å²) in [5, 5.41) is 17.1. The molecule has 0 aromatic carbocycles. The van der Waals surface area contributed by atoms with Crippen molar-refractivity contribution in [2.24, 2.45) is 10.9 Å². The van der Waals surface area contributed by atoms with Crippen LogP contribution in [0.3, 0.4) is 0 Å². The number of guanidine groups is 1. The van der Waals surface area contributed by atoms with Crippen LogP contribution in [0, 0.1) is 5.92 Å². The highest BCUT2D eigenvalue weighted by Gasteiger charge is 2.24. The van der Waals surface area contributed by atoms with Crippen molar-refractivity contribution < 1.29 is 5.11 Å². The zero-order chi connectivity index (χ0) is 14.7. The largest absolute Gasteiger partial charge is 0.388 e. The molecule has 0 aromatic rings. The van der Waals surface area contributed by atoms with Gasteiger partial charge in [0, 0.05) is 13.1 Å². The van der Waals surface area contributed by atoms with Gasteiger partial charge in [-0.3, -0.25) is 4.99 Å². The molecule has 0 aliphatic carbocycles. The van der Waals surface area contributed by atoms with Crippen molar-refractivity contribution in [1.29, 1.82) is 0 Å². The Morgan fingerprint density at radius 3 is 2.11 bits per heavy atom. The van der Waals surface area contributed by atoms with Crippen LogP contribution in [0.25, 0.3) is 0 Å². The molecule has 0 atom stereocenters. The highest BCUT2D eigenvalue weighted by Crippen LogP contribution is 2.19. The third-order valence-electron chi connectivity index (χ3n) is 2.98. The van der Waals surface area contributed by atoms with Crippen LogP contribution in [-0.4, -0.2) is 36.3 Å². The van der Waals surface area contributed by atoms with E-state index in [1.807, 2.05) is 0 Å². The van der Waals surface area contributed by atoms with Gasteiger partial charge in [-0.15, -0.1) is 0 Å². The summed E-state index contributed by atoms with van der Waals surface area (Å²) in [5.74, 6) is 1.39. The number of aliphatic hydroxyl groups is 1. The lowest BCUT2D eigenvalue weighted by Gasteiger charge is -2.26. The molecule has 114 valence electrons. The Labute approximate surface area is 119 Å². The van der Waals surface area contributed by atoms with E-state index in [2.05, 4.69) is 50.2 Å². The summed E-state index contributed by atoms with van der Waals surface area (Å²) in [6.45, 7) is 12.8. The fourth-order valence-corrected chi connectivity index (χ4v) is 2.08. The maximum absolute atomic E-state index is 10.5. The standard InChI is InChI=1S/C15H33N3O/c1-6-9-15(19,10-7-2)12-18-14(16-8-3)17-11-13(4)5/h13,19H,6-12H2,1-5H3,(H2,16,17,18). The second kappa shape index (κ2) is 10.1. The zero-order valence-electron chi connectivity index (χ0n) is 13.4. The summed E-state index contributed by atoms with van der Waals surface area (Å²) in [6.07, 6.45) is 3.60. The SMILES string of the molecule is CCCC(O)(CCC)CN=C(NCC)NCC(C)C. The van der Waals surface area contributed by atoms with E-state index in [1.165, 1.54) is 0 Å². The average Bonchev–Trinajstić information content (AvgIpc) is 2.33. The van der Waals surface area contributed by atoms with E-state index in [1.54, 1.807) is 0 Å². The molecule has 3 N–H and O–H groups in total. The van der Waals surface area contributed by atoms with E-state index in [-0.39, 0.29) is 0 Å². The van der Waals surface area contributed by atoms with Crippen LogP contribution in [-0.2, 0) is 0 Å². The molecule has 0 rings (SSSR count). The lowest BCUT2D eigenvalue weighted by atomic mass is 9.93. The second-order valence-electron chi connectivity index (χ2n) is 5.69. The molecule has 0 spiro atoms. The quantitative estimate of drug-likeness (QED) is 0.446. The molecule has 0 saturated heterocycles. The zero-order valence-corrected chi connectivity index (χ0v) is 13.4. The number of hydrogen-bond acceptors (Lipinski definition) is 2. The molecule has 0 fully saturated rings. The summed E-state index contributed by atoms with van der Waals surface area (Å²) in [4.78, 5) is 4.54. The van der Waals surface area contributed by atoms with Gasteiger partial charge in [0.25, 0.3) is 0 Å². The first-order valence-corrected chi connectivity index (χ1v) is 7.72. The van der Waals surface area contributed by atoms with Gasteiger partial charge in [0.1, 0.15) is 0 Å². The number of rotatable bonds is 9. The minimum Gasteiger partial charge on any atom is -0.388 e. The normalized spacial score (nSPS) is 12.9. The lowest BCUT2D eigenvalue weighted by Crippen LogP contribution is -2.41. The minimum atomic E-state index is -0.649. The fourth-order valence-electron chi connectivity index (χ4n) is 2.08. The Bertz CT molecular complexity index is 246. The van der Waals surface area contributed by atoms with Crippen molar-refractivity contribution in [3.05, 3.63) is 0 Å². The van der Waals surface area contributed by atoms with Crippen LogP contribution in [0.15, 0.2) is 4.99 Å². The van der Waals surface area contributed by atoms with Gasteiger partial charge in [0.2, 0.25) is 0 Å². The monoisotopic (exact) mass is 271 g/mol. The molecule has 0 bridgehead atoms. The van der Waals surface area contributed by atoms with Crippen LogP contribution < -0.4 is 10.6 Å². The Hall–Kier alpha value is -0.770. The van der Waals surface area contributed by atoms with Gasteiger partial charge in [0.05, 0.1) is 12.1 Å². The average molecular weight is 271 g/mol. The Morgan fingerprint density at radius 1 is 1.11 bits per heavy atom. The van der Waals surface area contributed by atoms with E-state index in [4.69, 9.17) is 0 Å². The minimum absolute atomic E-state index is 0.474. The topological polar surface area (TPSA) is 56.7 Å². The van der Waals surface area contributed by atoms with Crippen LogP contribution in [0.5, 0.6) is 0 Å². The fraction of sp³-hybridized carbons (Fsp3) is 0.933. The predicted octanol–water partition coefficient (Wildman–Crippen LogP) is 2.53. The van der Waals surface area contributed by atoms with E-state index >= 15 is 0 Å². The van der Waals surface area contributed by atoms with Crippen molar-refractivity contribution in [3.63, 3.8) is 0 Å². The first-order valence-electron chi connectivity index (χ1n) is 7.72. The van der Waals surface area contributed by atoms with Crippen molar-refractivity contribution in [2.75, 3.05) is 19.6 Å². The Morgan fingerprint density at radius 2 is 1.68 bits per heavy atom.